The lowest BCUT2D eigenvalue weighted by Crippen LogP contribution is -2.37. The molecule has 0 aliphatic carbocycles. The molecule has 2 aromatic rings. The number of phosphoric acid groups is 1. The van der Waals surface area contributed by atoms with E-state index in [1.54, 1.807) is 0 Å². The minimum atomic E-state index is -4.88. The smallest absolute Gasteiger partial charge is 0.386 e. The van der Waals surface area contributed by atoms with Crippen LogP contribution in [0.2, 0.25) is 0 Å². The number of nitrogens with one attached hydrogen (secondary N) is 1. The largest absolute Gasteiger partial charge is 0.470 e. The van der Waals surface area contributed by atoms with Crippen molar-refractivity contribution in [2.24, 2.45) is 5.73 Å². The summed E-state index contributed by atoms with van der Waals surface area (Å²) in [5.74, 6) is -0.167. The lowest BCUT2D eigenvalue weighted by atomic mass is 10.1. The molecule has 4 atom stereocenters. The molecule has 0 radical (unpaired) electrons. The van der Waals surface area contributed by atoms with Crippen LogP contribution in [-0.2, 0) is 13.8 Å². The third kappa shape index (κ3) is 2.93. The summed E-state index contributed by atoms with van der Waals surface area (Å²) in [4.78, 5) is 39.8. The van der Waals surface area contributed by atoms with Crippen LogP contribution < -0.4 is 17.0 Å². The van der Waals surface area contributed by atoms with Gasteiger partial charge in [0.05, 0.1) is 6.33 Å². The highest BCUT2D eigenvalue weighted by Crippen LogP contribution is 2.43. The van der Waals surface area contributed by atoms with Crippen LogP contribution in [0.1, 0.15) is 6.23 Å². The van der Waals surface area contributed by atoms with Crippen LogP contribution in [0.5, 0.6) is 0 Å². The van der Waals surface area contributed by atoms with Gasteiger partial charge in [-0.25, -0.2) is 9.55 Å². The zero-order chi connectivity index (χ0) is 17.6. The Bertz CT molecular complexity index is 861. The van der Waals surface area contributed by atoms with Crippen LogP contribution in [0.25, 0.3) is 11.2 Å². The van der Waals surface area contributed by atoms with Crippen LogP contribution in [0.3, 0.4) is 0 Å². The SMILES string of the molecule is NC[C@H]1O[C@@H](n2cnc3c(=O)[nH]c(N)nc32)[C@H](O)[C@@H]1OP(=O)(O)O. The molecule has 0 unspecified atom stereocenters. The molecule has 3 rings (SSSR count). The number of fused-ring (bicyclic) bond motifs is 1. The number of aromatic nitrogens is 4. The molecule has 3 heterocycles. The standard InChI is InChI=1S/C10H15N6O7P/c11-1-3-6(23-24(19,20)21)5(17)9(22-3)16-2-13-4-7(16)14-10(12)15-8(4)18/h2-3,5-6,9,17H,1,11H2,(H2,19,20,21)(H3,12,14,15,18)/t3-,5-,6-,9-/m1/s1. The van der Waals surface area contributed by atoms with E-state index in [0.29, 0.717) is 0 Å². The highest BCUT2D eigenvalue weighted by atomic mass is 31.2. The van der Waals surface area contributed by atoms with Crippen molar-refractivity contribution in [3.8, 4) is 0 Å². The van der Waals surface area contributed by atoms with Gasteiger partial charge in [0.1, 0.15) is 18.3 Å². The number of H-pyrrole nitrogens is 1. The first-order valence-electron chi connectivity index (χ1n) is 6.71. The number of hydrogen-bond donors (Lipinski definition) is 6. The molecule has 1 fully saturated rings. The van der Waals surface area contributed by atoms with Gasteiger partial charge in [0.25, 0.3) is 5.56 Å². The summed E-state index contributed by atoms with van der Waals surface area (Å²) < 4.78 is 22.3. The molecule has 13 nitrogen and oxygen atoms in total. The van der Waals surface area contributed by atoms with Gasteiger partial charge in [-0.05, 0) is 0 Å². The van der Waals surface area contributed by atoms with E-state index in [9.17, 15) is 14.5 Å². The summed E-state index contributed by atoms with van der Waals surface area (Å²) in [6.45, 7) is -0.166. The molecular formula is C10H15N6O7P. The number of nitrogen functional groups attached to an aromatic ring is 1. The number of imidazole rings is 1. The van der Waals surface area contributed by atoms with Gasteiger partial charge in [-0.2, -0.15) is 4.98 Å². The first kappa shape index (κ1) is 17.0. The number of nitrogens with zero attached hydrogens (tertiary/aromatic N) is 3. The summed E-state index contributed by atoms with van der Waals surface area (Å²) in [6, 6.07) is 0. The van der Waals surface area contributed by atoms with Crippen LogP contribution >= 0.6 is 7.82 Å². The number of hydrogen-bond acceptors (Lipinski definition) is 9. The minimum absolute atomic E-state index is 0.0351. The van der Waals surface area contributed by atoms with Crippen molar-refractivity contribution >= 4 is 24.9 Å². The monoisotopic (exact) mass is 362 g/mol. The van der Waals surface area contributed by atoms with Crippen LogP contribution in [0.4, 0.5) is 5.95 Å². The fourth-order valence-electron chi connectivity index (χ4n) is 2.56. The molecule has 0 bridgehead atoms. The molecule has 2 aromatic heterocycles. The zero-order valence-electron chi connectivity index (χ0n) is 12.0. The van der Waals surface area contributed by atoms with Crippen molar-refractivity contribution in [3.05, 3.63) is 16.7 Å². The fraction of sp³-hybridized carbons (Fsp3) is 0.500. The molecular weight excluding hydrogens is 347 g/mol. The molecule has 0 aromatic carbocycles. The van der Waals surface area contributed by atoms with Crippen LogP contribution in [0, 0.1) is 0 Å². The van der Waals surface area contributed by atoms with Crippen molar-refractivity contribution in [1.82, 2.24) is 19.5 Å². The summed E-state index contributed by atoms with van der Waals surface area (Å²) in [7, 11) is -4.88. The third-order valence-corrected chi connectivity index (χ3v) is 4.04. The van der Waals surface area contributed by atoms with Crippen molar-refractivity contribution in [1.29, 1.82) is 0 Å². The molecule has 1 aliphatic heterocycles. The van der Waals surface area contributed by atoms with Gasteiger partial charge >= 0.3 is 7.82 Å². The Balaban J connectivity index is 2.01. The third-order valence-electron chi connectivity index (χ3n) is 3.53. The van der Waals surface area contributed by atoms with Gasteiger partial charge in [-0.1, -0.05) is 0 Å². The molecule has 24 heavy (non-hydrogen) atoms. The van der Waals surface area contributed by atoms with E-state index in [4.69, 9.17) is 26.0 Å². The van der Waals surface area contributed by atoms with Gasteiger partial charge in [-0.15, -0.1) is 0 Å². The number of aliphatic hydroxyl groups is 1. The Hall–Kier alpha value is -1.86. The lowest BCUT2D eigenvalue weighted by Gasteiger charge is -2.20. The molecule has 1 aliphatic rings. The summed E-state index contributed by atoms with van der Waals surface area (Å²) >= 11 is 0. The molecule has 0 saturated carbocycles. The molecule has 14 heteroatoms. The number of ether oxygens (including phenoxy) is 1. The van der Waals surface area contributed by atoms with Crippen molar-refractivity contribution in [2.45, 2.75) is 24.5 Å². The Morgan fingerprint density at radius 1 is 1.50 bits per heavy atom. The highest BCUT2D eigenvalue weighted by Gasteiger charge is 2.48. The maximum Gasteiger partial charge on any atom is 0.470 e. The van der Waals surface area contributed by atoms with E-state index >= 15 is 0 Å². The van der Waals surface area contributed by atoms with Gasteiger partial charge in [0, 0.05) is 6.54 Å². The molecule has 0 amide bonds. The van der Waals surface area contributed by atoms with Gasteiger partial charge in [-0.3, -0.25) is 18.9 Å². The number of phosphoric ester groups is 1. The second kappa shape index (κ2) is 5.89. The number of aromatic amines is 1. The predicted octanol–water partition coefficient (Wildman–Crippen LogP) is -2.60. The molecule has 0 spiro atoms. The van der Waals surface area contributed by atoms with Gasteiger partial charge in [0.15, 0.2) is 17.4 Å². The van der Waals surface area contributed by atoms with E-state index in [2.05, 4.69) is 19.5 Å². The Labute approximate surface area is 133 Å². The van der Waals surface area contributed by atoms with Gasteiger partial charge < -0.3 is 31.1 Å². The molecule has 8 N–H and O–H groups in total. The second-order valence-corrected chi connectivity index (χ2v) is 6.32. The number of nitrogens with two attached hydrogens (primary N) is 2. The van der Waals surface area contributed by atoms with E-state index in [-0.39, 0.29) is 23.7 Å². The van der Waals surface area contributed by atoms with Crippen LogP contribution in [-0.4, -0.2) is 59.3 Å². The zero-order valence-corrected chi connectivity index (χ0v) is 12.9. The summed E-state index contributed by atoms with van der Waals surface area (Å²) in [6.07, 6.45) is -3.85. The average Bonchev–Trinajstić information content (AvgIpc) is 3.00. The van der Waals surface area contributed by atoms with E-state index in [1.165, 1.54) is 10.9 Å². The fourth-order valence-corrected chi connectivity index (χ4v) is 3.13. The topological polar surface area (TPSA) is 212 Å². The van der Waals surface area contributed by atoms with Crippen molar-refractivity contribution in [2.75, 3.05) is 12.3 Å². The van der Waals surface area contributed by atoms with E-state index in [0.717, 1.165) is 0 Å². The molecule has 1 saturated heterocycles. The van der Waals surface area contributed by atoms with Crippen LogP contribution in [0.15, 0.2) is 11.1 Å². The quantitative estimate of drug-likeness (QED) is 0.310. The van der Waals surface area contributed by atoms with E-state index in [1.807, 2.05) is 0 Å². The summed E-state index contributed by atoms with van der Waals surface area (Å²) in [5.41, 5.74) is 10.4. The Kier molecular flexibility index (Phi) is 4.17. The molecule has 132 valence electrons. The van der Waals surface area contributed by atoms with E-state index < -0.39 is 37.9 Å². The lowest BCUT2D eigenvalue weighted by molar-refractivity contribution is -0.0321. The average molecular weight is 362 g/mol. The normalized spacial score (nSPS) is 27.8. The highest BCUT2D eigenvalue weighted by molar-refractivity contribution is 7.46. The maximum absolute atomic E-state index is 11.8. The number of rotatable bonds is 4. The van der Waals surface area contributed by atoms with Gasteiger partial charge in [0.2, 0.25) is 5.95 Å². The predicted molar refractivity (Wildman–Crippen MR) is 78.4 cm³/mol. The first-order valence-corrected chi connectivity index (χ1v) is 8.24. The Morgan fingerprint density at radius 3 is 2.83 bits per heavy atom. The van der Waals surface area contributed by atoms with Crippen molar-refractivity contribution < 1.29 is 28.7 Å². The first-order chi connectivity index (χ1) is 11.2. The summed E-state index contributed by atoms with van der Waals surface area (Å²) in [5, 5.41) is 10.3. The number of aliphatic hydroxyl groups excluding tert-OH is 1. The maximum atomic E-state index is 11.8. The second-order valence-electron chi connectivity index (χ2n) is 5.13. The minimum Gasteiger partial charge on any atom is -0.386 e. The Morgan fingerprint density at radius 2 is 2.21 bits per heavy atom. The number of anilines is 1. The van der Waals surface area contributed by atoms with Crippen molar-refractivity contribution in [3.63, 3.8) is 0 Å².